The molecule has 0 radical (unpaired) electrons. The van der Waals surface area contributed by atoms with E-state index < -0.39 is 7.82 Å². The first-order valence-electron chi connectivity index (χ1n) is 2.96. The molecule has 0 aliphatic carbocycles. The molecule has 11 heavy (non-hydrogen) atoms. The lowest BCUT2D eigenvalue weighted by Gasteiger charge is -1.98. The van der Waals surface area contributed by atoms with Crippen LogP contribution in [0.1, 0.15) is 13.3 Å². The van der Waals surface area contributed by atoms with Gasteiger partial charge in [-0.25, -0.2) is 4.57 Å². The molecule has 0 aromatic rings. The molecule has 7 heteroatoms. The minimum absolute atomic E-state index is 0.00926. The Morgan fingerprint density at radius 1 is 1.45 bits per heavy atom. The second-order valence-corrected chi connectivity index (χ2v) is 2.89. The zero-order valence-corrected chi connectivity index (χ0v) is 7.11. The van der Waals surface area contributed by atoms with Crippen LogP contribution in [0.2, 0.25) is 0 Å². The average molecular weight is 187 g/mol. The van der Waals surface area contributed by atoms with Gasteiger partial charge in [0.25, 0.3) is 0 Å². The number of aliphatic hydroxyl groups is 1. The number of phosphoric acid groups is 1. The Hall–Kier alpha value is 0.0300. The lowest BCUT2D eigenvalue weighted by atomic mass is 10.3. The molecule has 0 saturated heterocycles. The molecular formula is C4H14NO5P. The molecule has 0 aliphatic rings. The maximum atomic E-state index is 8.88. The highest BCUT2D eigenvalue weighted by Crippen LogP contribution is 2.25. The fourth-order valence-electron chi connectivity index (χ4n) is 0.129. The van der Waals surface area contributed by atoms with E-state index in [-0.39, 0.29) is 12.6 Å². The van der Waals surface area contributed by atoms with Gasteiger partial charge in [0, 0.05) is 6.04 Å². The van der Waals surface area contributed by atoms with Gasteiger partial charge in [-0.1, -0.05) is 6.92 Å². The summed E-state index contributed by atoms with van der Waals surface area (Å²) in [6.45, 7) is 2.05. The van der Waals surface area contributed by atoms with Crippen LogP contribution in [0.3, 0.4) is 0 Å². The summed E-state index contributed by atoms with van der Waals surface area (Å²) in [6.07, 6.45) is 0.858. The van der Waals surface area contributed by atoms with Crippen molar-refractivity contribution < 1.29 is 24.4 Å². The summed E-state index contributed by atoms with van der Waals surface area (Å²) < 4.78 is 8.88. The number of hydrogen-bond donors (Lipinski definition) is 5. The van der Waals surface area contributed by atoms with Gasteiger partial charge in [-0.05, 0) is 6.42 Å². The number of nitrogens with two attached hydrogens (primary N) is 1. The SMILES string of the molecule is CCC(N)CO.O=P(O)(O)O. The first-order valence-corrected chi connectivity index (χ1v) is 4.52. The van der Waals surface area contributed by atoms with Crippen LogP contribution in [-0.2, 0) is 4.57 Å². The Morgan fingerprint density at radius 3 is 1.73 bits per heavy atom. The van der Waals surface area contributed by atoms with E-state index >= 15 is 0 Å². The second-order valence-electron chi connectivity index (χ2n) is 1.86. The van der Waals surface area contributed by atoms with Crippen molar-refractivity contribution in [3.8, 4) is 0 Å². The van der Waals surface area contributed by atoms with Gasteiger partial charge < -0.3 is 25.5 Å². The molecule has 0 heterocycles. The smallest absolute Gasteiger partial charge is 0.395 e. The maximum Gasteiger partial charge on any atom is 0.466 e. The van der Waals surface area contributed by atoms with Crippen LogP contribution in [0.15, 0.2) is 0 Å². The number of hydrogen-bond acceptors (Lipinski definition) is 3. The third kappa shape index (κ3) is 39.8. The van der Waals surface area contributed by atoms with Gasteiger partial charge >= 0.3 is 7.82 Å². The van der Waals surface area contributed by atoms with E-state index in [4.69, 9.17) is 30.1 Å². The Morgan fingerprint density at radius 2 is 1.73 bits per heavy atom. The summed E-state index contributed by atoms with van der Waals surface area (Å²) in [4.78, 5) is 21.6. The van der Waals surface area contributed by atoms with Gasteiger partial charge in [-0.3, -0.25) is 0 Å². The van der Waals surface area contributed by atoms with Gasteiger partial charge in [0.15, 0.2) is 0 Å². The molecule has 0 aromatic heterocycles. The van der Waals surface area contributed by atoms with Crippen LogP contribution in [0.25, 0.3) is 0 Å². The predicted octanol–water partition coefficient (Wildman–Crippen LogP) is -1.21. The Kier molecular flexibility index (Phi) is 8.32. The molecule has 6 N–H and O–H groups in total. The first-order chi connectivity index (χ1) is 4.81. The van der Waals surface area contributed by atoms with Gasteiger partial charge in [0.2, 0.25) is 0 Å². The van der Waals surface area contributed by atoms with E-state index in [0.717, 1.165) is 6.42 Å². The lowest BCUT2D eigenvalue weighted by molar-refractivity contribution is 0.263. The molecule has 0 aliphatic heterocycles. The topological polar surface area (TPSA) is 124 Å². The van der Waals surface area contributed by atoms with Crippen molar-refractivity contribution >= 4 is 7.82 Å². The highest BCUT2D eigenvalue weighted by Gasteiger charge is 2.00. The van der Waals surface area contributed by atoms with Crippen LogP contribution in [0.5, 0.6) is 0 Å². The van der Waals surface area contributed by atoms with Crippen LogP contribution >= 0.6 is 7.82 Å². The van der Waals surface area contributed by atoms with Crippen LogP contribution in [0.4, 0.5) is 0 Å². The minimum atomic E-state index is -4.64. The van der Waals surface area contributed by atoms with Gasteiger partial charge in [-0.15, -0.1) is 0 Å². The quantitative estimate of drug-likeness (QED) is 0.345. The standard InChI is InChI=1S/C4H11NO.H3O4P/c1-2-4(5)3-6;1-5(2,3)4/h4,6H,2-3,5H2,1H3;(H3,1,2,3,4). The maximum absolute atomic E-state index is 8.88. The predicted molar refractivity (Wildman–Crippen MR) is 39.6 cm³/mol. The summed E-state index contributed by atoms with van der Waals surface area (Å²) in [6, 6.07) is -0.00926. The molecule has 1 atom stereocenters. The van der Waals surface area contributed by atoms with E-state index in [2.05, 4.69) is 0 Å². The third-order valence-corrected chi connectivity index (χ3v) is 0.759. The minimum Gasteiger partial charge on any atom is -0.395 e. The summed E-state index contributed by atoms with van der Waals surface area (Å²) in [5, 5.41) is 8.21. The Balaban J connectivity index is 0. The molecule has 0 saturated carbocycles. The van der Waals surface area contributed by atoms with Gasteiger partial charge in [0.1, 0.15) is 0 Å². The van der Waals surface area contributed by atoms with Crippen molar-refractivity contribution in [1.82, 2.24) is 0 Å². The van der Waals surface area contributed by atoms with Crippen molar-refractivity contribution in [3.05, 3.63) is 0 Å². The number of rotatable bonds is 2. The van der Waals surface area contributed by atoms with Crippen LogP contribution in [-0.4, -0.2) is 32.4 Å². The molecule has 0 spiro atoms. The first kappa shape index (κ1) is 13.6. The molecule has 0 fully saturated rings. The molecule has 6 nitrogen and oxygen atoms in total. The van der Waals surface area contributed by atoms with E-state index in [1.165, 1.54) is 0 Å². The summed E-state index contributed by atoms with van der Waals surface area (Å²) in [5.41, 5.74) is 5.22. The molecule has 1 unspecified atom stereocenters. The van der Waals surface area contributed by atoms with Crippen molar-refractivity contribution in [2.45, 2.75) is 19.4 Å². The lowest BCUT2D eigenvalue weighted by Crippen LogP contribution is -2.22. The normalized spacial score (nSPS) is 13.3. The molecule has 0 bridgehead atoms. The highest BCUT2D eigenvalue weighted by atomic mass is 31.2. The summed E-state index contributed by atoms with van der Waals surface area (Å²) in [5.74, 6) is 0. The Labute approximate surface area is 64.9 Å². The monoisotopic (exact) mass is 187 g/mol. The fourth-order valence-corrected chi connectivity index (χ4v) is 0.129. The second kappa shape index (κ2) is 6.72. The highest BCUT2D eigenvalue weighted by molar-refractivity contribution is 7.45. The van der Waals surface area contributed by atoms with Crippen molar-refractivity contribution in [2.75, 3.05) is 6.61 Å². The largest absolute Gasteiger partial charge is 0.466 e. The molecule has 0 amide bonds. The Bertz CT molecular complexity index is 111. The van der Waals surface area contributed by atoms with E-state index in [0.29, 0.717) is 0 Å². The van der Waals surface area contributed by atoms with Crippen molar-refractivity contribution in [2.24, 2.45) is 5.73 Å². The summed E-state index contributed by atoms with van der Waals surface area (Å²) >= 11 is 0. The van der Waals surface area contributed by atoms with Gasteiger partial charge in [0.05, 0.1) is 6.61 Å². The van der Waals surface area contributed by atoms with Crippen LogP contribution < -0.4 is 5.73 Å². The third-order valence-electron chi connectivity index (χ3n) is 0.759. The zero-order valence-electron chi connectivity index (χ0n) is 6.21. The fraction of sp³-hybridized carbons (Fsp3) is 1.00. The van der Waals surface area contributed by atoms with E-state index in [1.807, 2.05) is 6.92 Å². The van der Waals surface area contributed by atoms with Crippen molar-refractivity contribution in [1.29, 1.82) is 0 Å². The molecule has 0 rings (SSSR count). The van der Waals surface area contributed by atoms with Crippen LogP contribution in [0, 0.1) is 0 Å². The summed E-state index contributed by atoms with van der Waals surface area (Å²) in [7, 11) is -4.64. The molecule has 70 valence electrons. The average Bonchev–Trinajstić information content (AvgIpc) is 1.83. The van der Waals surface area contributed by atoms with Gasteiger partial charge in [-0.2, -0.15) is 0 Å². The zero-order chi connectivity index (χ0) is 9.49. The molecule has 0 aromatic carbocycles. The van der Waals surface area contributed by atoms with Crippen molar-refractivity contribution in [3.63, 3.8) is 0 Å². The van der Waals surface area contributed by atoms with E-state index in [1.54, 1.807) is 0 Å². The number of aliphatic hydroxyl groups excluding tert-OH is 1. The van der Waals surface area contributed by atoms with E-state index in [9.17, 15) is 0 Å². The molecular weight excluding hydrogens is 173 g/mol.